The summed E-state index contributed by atoms with van der Waals surface area (Å²) in [5.74, 6) is 5.83. The van der Waals surface area contributed by atoms with Crippen molar-refractivity contribution in [3.8, 4) is 158 Å². The maximum Gasteiger partial charge on any atom is 0.164 e. The van der Waals surface area contributed by atoms with Gasteiger partial charge in [-0.15, -0.1) is 0 Å². The molecule has 0 unspecified atom stereocenters. The van der Waals surface area contributed by atoms with Crippen LogP contribution in [0.1, 0.15) is 0 Å². The van der Waals surface area contributed by atoms with Gasteiger partial charge < -0.3 is 0 Å². The summed E-state index contributed by atoms with van der Waals surface area (Å²) in [6, 6.07) is 181. The Bertz CT molecular complexity index is 9450. The zero-order chi connectivity index (χ0) is 94.2. The van der Waals surface area contributed by atoms with Gasteiger partial charge in [-0.05, 0) is 212 Å². The minimum Gasteiger partial charge on any atom is -0.208 e. The number of rotatable bonds is 14. The van der Waals surface area contributed by atoms with E-state index in [1.807, 2.05) is 97.1 Å². The molecule has 0 saturated heterocycles. The molecule has 0 fully saturated rings. The van der Waals surface area contributed by atoms with Crippen LogP contribution in [0.15, 0.2) is 516 Å². The number of hydrogen-bond acceptors (Lipinski definition) is 9. The molecule has 0 atom stereocenters. The van der Waals surface area contributed by atoms with E-state index in [2.05, 4.69) is 419 Å². The van der Waals surface area contributed by atoms with E-state index < -0.39 is 0 Å². The molecule has 0 aliphatic heterocycles. The quantitative estimate of drug-likeness (QED) is 0.0981. The van der Waals surface area contributed by atoms with E-state index in [-0.39, 0.29) is 0 Å². The van der Waals surface area contributed by atoms with Crippen molar-refractivity contribution in [3.63, 3.8) is 0 Å². The van der Waals surface area contributed by atoms with E-state index in [0.29, 0.717) is 52.4 Å². The summed E-state index contributed by atoms with van der Waals surface area (Å²) in [6.07, 6.45) is 0. The van der Waals surface area contributed by atoms with Gasteiger partial charge in [0.15, 0.2) is 52.4 Å². The molecule has 24 aromatic carbocycles. The van der Waals surface area contributed by atoms with E-state index in [9.17, 15) is 0 Å². The van der Waals surface area contributed by atoms with E-state index in [1.54, 1.807) is 0 Å². The predicted molar refractivity (Wildman–Crippen MR) is 591 cm³/mol. The molecule has 9 nitrogen and oxygen atoms in total. The summed E-state index contributed by atoms with van der Waals surface area (Å²) >= 11 is 0. The fourth-order valence-electron chi connectivity index (χ4n) is 19.8. The van der Waals surface area contributed by atoms with Crippen molar-refractivity contribution in [3.05, 3.63) is 516 Å². The lowest BCUT2D eigenvalue weighted by molar-refractivity contribution is 1.07. The number of aromatic nitrogens is 9. The second-order valence-electron chi connectivity index (χ2n) is 35.9. The van der Waals surface area contributed by atoms with Crippen LogP contribution in [0.3, 0.4) is 0 Å². The molecule has 0 aliphatic rings. The number of nitrogens with zero attached hydrogens (tertiary/aromatic N) is 9. The zero-order valence-corrected chi connectivity index (χ0v) is 77.1. The van der Waals surface area contributed by atoms with Crippen LogP contribution in [-0.2, 0) is 0 Å². The largest absolute Gasteiger partial charge is 0.208 e. The van der Waals surface area contributed by atoms with E-state index >= 15 is 0 Å². The standard InChI is InChI=1S/2C45H29N3.C43H27N3/c1-4-12-30(13-5-1)36-26-37(31-14-6-2-7-15-31)28-38(27-36)45-47-43(34-17-8-3-9-18-34)46-44(48-45)35-21-20-33-23-24-40-39-19-11-10-16-32(39)22-25-41(40)42(33)29-35;1-3-10-30(11-4-1)31-18-20-32(21-19-31)36-15-9-16-37(28-36)44-46-43(35-13-5-2-6-14-35)47-45(48-44)38-23-22-34-25-26-40-39-17-8-7-12-33(39)24-27-41(40)42(34)29-38;1-2-10-32(11-3-1)41-44-42(33-18-14-29(15-19-33)35-20-16-28-8-4-5-12-34(28)26-35)46-43(45-41)36-21-17-31-23-24-38-37-13-7-6-9-30(37)22-25-39(38)40(31)27-36/h2*1-29H;1-27H. The van der Waals surface area contributed by atoms with Crippen LogP contribution in [0.25, 0.3) is 266 Å². The van der Waals surface area contributed by atoms with Gasteiger partial charge >= 0.3 is 0 Å². The second-order valence-corrected chi connectivity index (χ2v) is 35.9. The molecule has 3 aromatic heterocycles. The minimum absolute atomic E-state index is 0.637. The summed E-state index contributed by atoms with van der Waals surface area (Å²) in [4.78, 5) is 45.5. The Morgan fingerprint density at radius 2 is 0.261 bits per heavy atom. The maximum absolute atomic E-state index is 5.18. The predicted octanol–water partition coefficient (Wildman–Crippen LogP) is 34.5. The Morgan fingerprint density at radius 3 is 0.613 bits per heavy atom. The van der Waals surface area contributed by atoms with Crippen molar-refractivity contribution in [1.82, 2.24) is 44.9 Å². The van der Waals surface area contributed by atoms with Gasteiger partial charge in [-0.1, -0.05) is 467 Å². The summed E-state index contributed by atoms with van der Waals surface area (Å²) in [7, 11) is 0. The smallest absolute Gasteiger partial charge is 0.164 e. The Labute approximate surface area is 820 Å². The third-order valence-electron chi connectivity index (χ3n) is 27.1. The molecule has 662 valence electrons. The van der Waals surface area contributed by atoms with Gasteiger partial charge in [0.1, 0.15) is 0 Å². The lowest BCUT2D eigenvalue weighted by Crippen LogP contribution is -2.00. The fourth-order valence-corrected chi connectivity index (χ4v) is 19.8. The maximum atomic E-state index is 5.18. The molecule has 0 bridgehead atoms. The Kier molecular flexibility index (Phi) is 22.2. The number of benzene rings is 24. The molecular weight excluding hydrogens is 1720 g/mol. The van der Waals surface area contributed by atoms with Crippen LogP contribution >= 0.6 is 0 Å². The molecule has 27 aromatic rings. The number of hydrogen-bond donors (Lipinski definition) is 0. The van der Waals surface area contributed by atoms with Crippen LogP contribution in [0.4, 0.5) is 0 Å². The first-order valence-corrected chi connectivity index (χ1v) is 47.9. The molecule has 0 N–H and O–H groups in total. The van der Waals surface area contributed by atoms with Gasteiger partial charge in [-0.2, -0.15) is 0 Å². The monoisotopic (exact) mass is 1810 g/mol. The third kappa shape index (κ3) is 16.9. The molecule has 3 heterocycles. The van der Waals surface area contributed by atoms with Crippen molar-refractivity contribution in [1.29, 1.82) is 0 Å². The first-order valence-electron chi connectivity index (χ1n) is 47.9. The van der Waals surface area contributed by atoms with Crippen molar-refractivity contribution >= 4 is 108 Å². The van der Waals surface area contributed by atoms with Crippen LogP contribution in [0.5, 0.6) is 0 Å². The average molecular weight is 1810 g/mol. The zero-order valence-electron chi connectivity index (χ0n) is 77.1. The van der Waals surface area contributed by atoms with Crippen molar-refractivity contribution in [2.45, 2.75) is 0 Å². The van der Waals surface area contributed by atoms with Gasteiger partial charge in [-0.3, -0.25) is 0 Å². The van der Waals surface area contributed by atoms with Crippen LogP contribution < -0.4 is 0 Å². The van der Waals surface area contributed by atoms with Crippen molar-refractivity contribution in [2.75, 3.05) is 0 Å². The van der Waals surface area contributed by atoms with Gasteiger partial charge in [0.25, 0.3) is 0 Å². The van der Waals surface area contributed by atoms with Crippen molar-refractivity contribution < 1.29 is 0 Å². The molecule has 27 rings (SSSR count). The molecule has 0 saturated carbocycles. The van der Waals surface area contributed by atoms with Gasteiger partial charge in [0.05, 0.1) is 0 Å². The molecule has 0 spiro atoms. The fraction of sp³-hybridized carbons (Fsp3) is 0. The van der Waals surface area contributed by atoms with Gasteiger partial charge in [-0.25, -0.2) is 44.9 Å². The lowest BCUT2D eigenvalue weighted by Gasteiger charge is -2.13. The SMILES string of the molecule is c1ccc(-c2cc(-c3ccccc3)cc(-c3nc(-c4ccccc4)nc(-c4ccc5ccc6c7ccccc7ccc6c5c4)n3)c2)cc1.c1ccc(-c2ccc(-c3cccc(-c4nc(-c5ccccc5)nc(-c5ccc6ccc7c8ccccc8ccc7c6c5)n4)c3)cc2)cc1.c1ccc(-c2nc(-c3ccc(-c4ccc5ccccc5c4)cc3)nc(-c3ccc4ccc5c6ccccc6ccc5c4c3)n2)cc1. The van der Waals surface area contributed by atoms with Crippen LogP contribution in [-0.4, -0.2) is 44.9 Å². The molecule has 0 amide bonds. The normalized spacial score (nSPS) is 11.4. The highest BCUT2D eigenvalue weighted by atomic mass is 15.1. The molecule has 0 radical (unpaired) electrons. The van der Waals surface area contributed by atoms with Gasteiger partial charge in [0, 0.05) is 50.1 Å². The van der Waals surface area contributed by atoms with E-state index in [0.717, 1.165) is 89.0 Å². The molecule has 9 heteroatoms. The summed E-state index contributed by atoms with van der Waals surface area (Å²) in [5, 5.41) is 24.4. The topological polar surface area (TPSA) is 116 Å². The van der Waals surface area contributed by atoms with Crippen LogP contribution in [0.2, 0.25) is 0 Å². The van der Waals surface area contributed by atoms with Crippen molar-refractivity contribution in [2.24, 2.45) is 0 Å². The highest BCUT2D eigenvalue weighted by Crippen LogP contribution is 2.42. The molecule has 142 heavy (non-hydrogen) atoms. The Hall–Kier alpha value is -19.1. The first-order chi connectivity index (χ1) is 70.3. The molecular formula is C133H85N9. The van der Waals surface area contributed by atoms with E-state index in [1.165, 1.54) is 124 Å². The highest BCUT2D eigenvalue weighted by molar-refractivity contribution is 6.21. The lowest BCUT2D eigenvalue weighted by atomic mass is 9.95. The first kappa shape index (κ1) is 84.6. The summed E-state index contributed by atoms with van der Waals surface area (Å²) in [6.45, 7) is 0. The van der Waals surface area contributed by atoms with E-state index in [4.69, 9.17) is 44.9 Å². The van der Waals surface area contributed by atoms with Crippen LogP contribution in [0, 0.1) is 0 Å². The highest BCUT2D eigenvalue weighted by Gasteiger charge is 2.22. The second kappa shape index (κ2) is 37.2. The average Bonchev–Trinajstić information content (AvgIpc) is 0.758. The Morgan fingerprint density at radius 1 is 0.0775 bits per heavy atom. The Balaban J connectivity index is 0.000000112. The van der Waals surface area contributed by atoms with Gasteiger partial charge in [0.2, 0.25) is 0 Å². The molecule has 0 aliphatic carbocycles. The summed E-state index contributed by atoms with van der Waals surface area (Å²) in [5.41, 5.74) is 20.0. The third-order valence-corrected chi connectivity index (χ3v) is 27.1. The minimum atomic E-state index is 0.637. The summed E-state index contributed by atoms with van der Waals surface area (Å²) < 4.78 is 0. The number of fused-ring (bicyclic) bond motifs is 16.